The number of halogens is 1. The Morgan fingerprint density at radius 1 is 1.11 bits per heavy atom. The van der Waals surface area contributed by atoms with Crippen molar-refractivity contribution in [2.45, 2.75) is 0 Å². The quantitative estimate of drug-likeness (QED) is 0.678. The van der Waals surface area contributed by atoms with Crippen LogP contribution in [0.15, 0.2) is 58.6 Å². The standard InChI is InChI=1S/C14H11BrN2S/c15-11-3-1-2-10(6-11)14-7-13(9-18-14)17-12-4-5-16-8-12/h1-9,16-17H. The normalized spacial score (nSPS) is 10.5. The molecule has 0 bridgehead atoms. The molecule has 0 saturated heterocycles. The molecule has 1 aromatic carbocycles. The van der Waals surface area contributed by atoms with Crippen LogP contribution in [0.5, 0.6) is 0 Å². The molecule has 0 aliphatic heterocycles. The first-order valence-electron chi connectivity index (χ1n) is 5.55. The van der Waals surface area contributed by atoms with E-state index in [0.717, 1.165) is 15.8 Å². The van der Waals surface area contributed by atoms with E-state index < -0.39 is 0 Å². The van der Waals surface area contributed by atoms with E-state index in [1.165, 1.54) is 10.4 Å². The lowest BCUT2D eigenvalue weighted by molar-refractivity contribution is 1.41. The molecule has 0 radical (unpaired) electrons. The van der Waals surface area contributed by atoms with Crippen LogP contribution in [0.4, 0.5) is 11.4 Å². The maximum Gasteiger partial charge on any atom is 0.0561 e. The Bertz CT molecular complexity index is 643. The molecule has 0 amide bonds. The lowest BCUT2D eigenvalue weighted by atomic mass is 10.2. The summed E-state index contributed by atoms with van der Waals surface area (Å²) in [7, 11) is 0. The Kier molecular flexibility index (Phi) is 3.21. The van der Waals surface area contributed by atoms with Gasteiger partial charge in [0.2, 0.25) is 0 Å². The van der Waals surface area contributed by atoms with Gasteiger partial charge in [0.1, 0.15) is 0 Å². The molecular weight excluding hydrogens is 308 g/mol. The van der Waals surface area contributed by atoms with Gasteiger partial charge in [0.15, 0.2) is 0 Å². The first kappa shape index (κ1) is 11.6. The average Bonchev–Trinajstić information content (AvgIpc) is 3.01. The van der Waals surface area contributed by atoms with Crippen LogP contribution < -0.4 is 5.32 Å². The van der Waals surface area contributed by atoms with Gasteiger partial charge < -0.3 is 10.3 Å². The minimum Gasteiger partial charge on any atom is -0.366 e. The van der Waals surface area contributed by atoms with Crippen LogP contribution in [0, 0.1) is 0 Å². The fourth-order valence-electron chi connectivity index (χ4n) is 1.76. The number of benzene rings is 1. The lowest BCUT2D eigenvalue weighted by Gasteiger charge is -1.99. The van der Waals surface area contributed by atoms with Crippen molar-refractivity contribution in [2.75, 3.05) is 5.32 Å². The number of H-pyrrole nitrogens is 1. The highest BCUT2D eigenvalue weighted by atomic mass is 79.9. The molecule has 0 unspecified atom stereocenters. The smallest absolute Gasteiger partial charge is 0.0561 e. The van der Waals surface area contributed by atoms with E-state index in [1.807, 2.05) is 24.5 Å². The number of hydrogen-bond acceptors (Lipinski definition) is 2. The van der Waals surface area contributed by atoms with Gasteiger partial charge in [-0.15, -0.1) is 11.3 Å². The molecule has 4 heteroatoms. The van der Waals surface area contributed by atoms with Gasteiger partial charge in [-0.3, -0.25) is 0 Å². The number of anilines is 2. The van der Waals surface area contributed by atoms with Crippen LogP contribution in [0.25, 0.3) is 10.4 Å². The monoisotopic (exact) mass is 318 g/mol. The summed E-state index contributed by atoms with van der Waals surface area (Å²) in [6.45, 7) is 0. The van der Waals surface area contributed by atoms with Crippen molar-refractivity contribution >= 4 is 38.6 Å². The number of hydrogen-bond donors (Lipinski definition) is 2. The summed E-state index contributed by atoms with van der Waals surface area (Å²) in [5.74, 6) is 0. The van der Waals surface area contributed by atoms with Gasteiger partial charge in [-0.1, -0.05) is 28.1 Å². The minimum atomic E-state index is 1.08. The van der Waals surface area contributed by atoms with Crippen LogP contribution in [-0.2, 0) is 0 Å². The summed E-state index contributed by atoms with van der Waals surface area (Å²) in [6.07, 6.45) is 3.85. The molecule has 0 fully saturated rings. The molecule has 0 aliphatic rings. The van der Waals surface area contributed by atoms with Crippen LogP contribution in [0.1, 0.15) is 0 Å². The zero-order valence-electron chi connectivity index (χ0n) is 9.48. The van der Waals surface area contributed by atoms with Gasteiger partial charge in [-0.05, 0) is 29.8 Å². The molecule has 3 rings (SSSR count). The van der Waals surface area contributed by atoms with Gasteiger partial charge in [-0.25, -0.2) is 0 Å². The highest BCUT2D eigenvalue weighted by Crippen LogP contribution is 2.32. The number of rotatable bonds is 3. The molecule has 0 aliphatic carbocycles. The molecule has 90 valence electrons. The Morgan fingerprint density at radius 3 is 2.83 bits per heavy atom. The molecule has 3 aromatic rings. The summed E-state index contributed by atoms with van der Waals surface area (Å²) in [4.78, 5) is 4.29. The first-order chi connectivity index (χ1) is 8.81. The third-order valence-electron chi connectivity index (χ3n) is 2.60. The van der Waals surface area contributed by atoms with Crippen molar-refractivity contribution < 1.29 is 0 Å². The van der Waals surface area contributed by atoms with E-state index in [9.17, 15) is 0 Å². The molecular formula is C14H11BrN2S. The predicted molar refractivity (Wildman–Crippen MR) is 81.5 cm³/mol. The third kappa shape index (κ3) is 2.49. The highest BCUT2D eigenvalue weighted by Gasteiger charge is 2.03. The van der Waals surface area contributed by atoms with Crippen LogP contribution in [0.3, 0.4) is 0 Å². The predicted octanol–water partition coefficient (Wildman–Crippen LogP) is 5.25. The second-order valence-electron chi connectivity index (χ2n) is 3.93. The zero-order chi connectivity index (χ0) is 12.4. The van der Waals surface area contributed by atoms with E-state index in [-0.39, 0.29) is 0 Å². The maximum atomic E-state index is 3.50. The molecule has 2 nitrogen and oxygen atoms in total. The second kappa shape index (κ2) is 5.00. The second-order valence-corrected chi connectivity index (χ2v) is 5.76. The van der Waals surface area contributed by atoms with Crippen molar-refractivity contribution in [2.24, 2.45) is 0 Å². The SMILES string of the molecule is Brc1cccc(-c2cc(Nc3cc[nH]c3)cs2)c1. The molecule has 0 atom stereocenters. The van der Waals surface area contributed by atoms with Gasteiger partial charge in [0, 0.05) is 32.8 Å². The number of aromatic amines is 1. The molecule has 2 N–H and O–H groups in total. The molecule has 0 saturated carbocycles. The van der Waals surface area contributed by atoms with Crippen molar-refractivity contribution in [3.05, 3.63) is 58.6 Å². The first-order valence-corrected chi connectivity index (χ1v) is 7.23. The summed E-state index contributed by atoms with van der Waals surface area (Å²) < 4.78 is 1.11. The largest absolute Gasteiger partial charge is 0.366 e. The molecule has 2 aromatic heterocycles. The van der Waals surface area contributed by atoms with Gasteiger partial charge >= 0.3 is 0 Å². The Morgan fingerprint density at radius 2 is 2.06 bits per heavy atom. The summed E-state index contributed by atoms with van der Waals surface area (Å²) >= 11 is 5.24. The summed E-state index contributed by atoms with van der Waals surface area (Å²) in [5, 5.41) is 5.48. The third-order valence-corrected chi connectivity index (χ3v) is 4.07. The van der Waals surface area contributed by atoms with E-state index in [4.69, 9.17) is 0 Å². The molecule has 0 spiro atoms. The fraction of sp³-hybridized carbons (Fsp3) is 0. The van der Waals surface area contributed by atoms with Crippen LogP contribution >= 0.6 is 27.3 Å². The lowest BCUT2D eigenvalue weighted by Crippen LogP contribution is -1.84. The Balaban J connectivity index is 1.85. The van der Waals surface area contributed by atoms with Crippen LogP contribution in [0.2, 0.25) is 0 Å². The topological polar surface area (TPSA) is 27.8 Å². The number of aromatic nitrogens is 1. The fourth-order valence-corrected chi connectivity index (χ4v) is 3.00. The van der Waals surface area contributed by atoms with E-state index in [2.05, 4.69) is 55.9 Å². The van der Waals surface area contributed by atoms with Crippen molar-refractivity contribution in [1.82, 2.24) is 4.98 Å². The van der Waals surface area contributed by atoms with E-state index in [0.29, 0.717) is 0 Å². The van der Waals surface area contributed by atoms with Gasteiger partial charge in [-0.2, -0.15) is 0 Å². The van der Waals surface area contributed by atoms with E-state index in [1.54, 1.807) is 11.3 Å². The van der Waals surface area contributed by atoms with Crippen LogP contribution in [-0.4, -0.2) is 4.98 Å². The maximum absolute atomic E-state index is 3.50. The average molecular weight is 319 g/mol. The summed E-state index contributed by atoms with van der Waals surface area (Å²) in [6, 6.07) is 12.5. The highest BCUT2D eigenvalue weighted by molar-refractivity contribution is 9.10. The van der Waals surface area contributed by atoms with Crippen molar-refractivity contribution in [3.8, 4) is 10.4 Å². The Hall–Kier alpha value is -1.52. The number of thiophene rings is 1. The minimum absolute atomic E-state index is 1.08. The molecule has 18 heavy (non-hydrogen) atoms. The van der Waals surface area contributed by atoms with E-state index >= 15 is 0 Å². The molecule has 2 heterocycles. The van der Waals surface area contributed by atoms with Gasteiger partial charge in [0.25, 0.3) is 0 Å². The van der Waals surface area contributed by atoms with Crippen molar-refractivity contribution in [1.29, 1.82) is 0 Å². The summed E-state index contributed by atoms with van der Waals surface area (Å²) in [5.41, 5.74) is 3.43. The number of nitrogens with one attached hydrogen (secondary N) is 2. The van der Waals surface area contributed by atoms with Crippen molar-refractivity contribution in [3.63, 3.8) is 0 Å². The van der Waals surface area contributed by atoms with Gasteiger partial charge in [0.05, 0.1) is 5.69 Å². The zero-order valence-corrected chi connectivity index (χ0v) is 11.9. The Labute approximate surface area is 118 Å².